The third-order valence-corrected chi connectivity index (χ3v) is 4.53. The molecule has 0 spiro atoms. The van der Waals surface area contributed by atoms with Gasteiger partial charge in [0.2, 0.25) is 0 Å². The Labute approximate surface area is 122 Å². The van der Waals surface area contributed by atoms with Crippen molar-refractivity contribution in [2.45, 2.75) is 57.9 Å². The average Bonchev–Trinajstić information content (AvgIpc) is 2.95. The van der Waals surface area contributed by atoms with Crippen molar-refractivity contribution in [2.24, 2.45) is 5.92 Å². The summed E-state index contributed by atoms with van der Waals surface area (Å²) in [5, 5.41) is 4.60. The lowest BCUT2D eigenvalue weighted by atomic mass is 9.92. The van der Waals surface area contributed by atoms with Gasteiger partial charge in [-0.2, -0.15) is 0 Å². The summed E-state index contributed by atoms with van der Waals surface area (Å²) < 4.78 is 0. The van der Waals surface area contributed by atoms with E-state index < -0.39 is 0 Å². The van der Waals surface area contributed by atoms with Gasteiger partial charge in [0.05, 0.1) is 0 Å². The minimum atomic E-state index is 0.707. The van der Waals surface area contributed by atoms with Gasteiger partial charge in [0.1, 0.15) is 0 Å². The Hall–Kier alpha value is -0.530. The molecule has 0 aliphatic heterocycles. The van der Waals surface area contributed by atoms with E-state index >= 15 is 0 Å². The second-order valence-corrected chi connectivity index (χ2v) is 6.21. The molecule has 1 aromatic carbocycles. The molecule has 2 heteroatoms. The monoisotopic (exact) mass is 279 g/mol. The van der Waals surface area contributed by atoms with Crippen molar-refractivity contribution in [1.82, 2.24) is 5.32 Å². The van der Waals surface area contributed by atoms with Crippen molar-refractivity contribution in [3.05, 3.63) is 34.9 Å². The van der Waals surface area contributed by atoms with Crippen molar-refractivity contribution in [2.75, 3.05) is 6.54 Å². The molecule has 0 bridgehead atoms. The van der Waals surface area contributed by atoms with E-state index in [0.717, 1.165) is 23.9 Å². The van der Waals surface area contributed by atoms with E-state index in [1.807, 2.05) is 12.1 Å². The Kier molecular flexibility index (Phi) is 6.19. The van der Waals surface area contributed by atoms with E-state index in [9.17, 15) is 0 Å². The summed E-state index contributed by atoms with van der Waals surface area (Å²) in [5.74, 6) is 0.902. The van der Waals surface area contributed by atoms with Crippen molar-refractivity contribution in [3.63, 3.8) is 0 Å². The molecular formula is C17H26ClN. The van der Waals surface area contributed by atoms with Crippen LogP contribution in [0.4, 0.5) is 0 Å². The van der Waals surface area contributed by atoms with Gasteiger partial charge in [0.25, 0.3) is 0 Å². The number of nitrogens with one attached hydrogen (secondary N) is 1. The third kappa shape index (κ3) is 4.81. The molecule has 0 amide bonds. The van der Waals surface area contributed by atoms with Crippen molar-refractivity contribution in [3.8, 4) is 0 Å². The summed E-state index contributed by atoms with van der Waals surface area (Å²) in [6.07, 6.45) is 9.33. The summed E-state index contributed by atoms with van der Waals surface area (Å²) in [4.78, 5) is 0. The number of hydrogen-bond donors (Lipinski definition) is 1. The van der Waals surface area contributed by atoms with Gasteiger partial charge in [-0.05, 0) is 62.3 Å². The summed E-state index contributed by atoms with van der Waals surface area (Å²) in [7, 11) is 0. The highest BCUT2D eigenvalue weighted by atomic mass is 35.5. The van der Waals surface area contributed by atoms with Crippen LogP contribution in [0, 0.1) is 5.92 Å². The van der Waals surface area contributed by atoms with Gasteiger partial charge in [-0.1, -0.05) is 43.5 Å². The molecule has 0 aromatic heterocycles. The minimum Gasteiger partial charge on any atom is -0.314 e. The quantitative estimate of drug-likeness (QED) is 0.754. The molecule has 1 aliphatic carbocycles. The largest absolute Gasteiger partial charge is 0.314 e. The molecule has 0 saturated heterocycles. The van der Waals surface area contributed by atoms with Crippen LogP contribution in [0.1, 0.15) is 51.0 Å². The summed E-state index contributed by atoms with van der Waals surface area (Å²) in [6.45, 7) is 3.40. The minimum absolute atomic E-state index is 0.707. The van der Waals surface area contributed by atoms with E-state index in [0.29, 0.717) is 6.04 Å². The first-order chi connectivity index (χ1) is 9.29. The Morgan fingerprint density at radius 3 is 2.53 bits per heavy atom. The zero-order chi connectivity index (χ0) is 13.5. The maximum absolute atomic E-state index is 5.93. The van der Waals surface area contributed by atoms with Crippen LogP contribution < -0.4 is 5.32 Å². The van der Waals surface area contributed by atoms with Gasteiger partial charge >= 0.3 is 0 Å². The Balaban J connectivity index is 1.86. The van der Waals surface area contributed by atoms with Crippen molar-refractivity contribution in [1.29, 1.82) is 0 Å². The van der Waals surface area contributed by atoms with Crippen LogP contribution in [-0.4, -0.2) is 12.6 Å². The van der Waals surface area contributed by atoms with Crippen LogP contribution in [0.3, 0.4) is 0 Å². The zero-order valence-corrected chi connectivity index (χ0v) is 12.8. The lowest BCUT2D eigenvalue weighted by Gasteiger charge is -2.25. The second kappa shape index (κ2) is 7.91. The highest BCUT2D eigenvalue weighted by Crippen LogP contribution is 2.29. The lowest BCUT2D eigenvalue weighted by molar-refractivity contribution is 0.341. The predicted octanol–water partition coefficient (Wildman–Crippen LogP) is 4.83. The molecule has 1 nitrogen and oxygen atoms in total. The van der Waals surface area contributed by atoms with Crippen LogP contribution in [0.15, 0.2) is 24.3 Å². The van der Waals surface area contributed by atoms with E-state index in [2.05, 4.69) is 24.4 Å². The van der Waals surface area contributed by atoms with Gasteiger partial charge in [-0.25, -0.2) is 0 Å². The average molecular weight is 280 g/mol. The zero-order valence-electron chi connectivity index (χ0n) is 12.0. The molecule has 0 heterocycles. The normalized spacial score (nSPS) is 17.8. The lowest BCUT2D eigenvalue weighted by Crippen LogP contribution is -2.36. The maximum atomic E-state index is 5.93. The molecule has 1 saturated carbocycles. The van der Waals surface area contributed by atoms with Crippen LogP contribution in [-0.2, 0) is 6.42 Å². The fourth-order valence-corrected chi connectivity index (χ4v) is 3.29. The first kappa shape index (κ1) is 14.9. The van der Waals surface area contributed by atoms with E-state index in [-0.39, 0.29) is 0 Å². The standard InChI is InChI=1S/C17H26ClN/c1-2-13-19-17(15-5-3-4-6-15)12-9-14-7-10-16(18)11-8-14/h7-8,10-11,15,17,19H,2-6,9,12-13H2,1H3. The number of halogens is 1. The predicted molar refractivity (Wildman–Crippen MR) is 83.8 cm³/mol. The summed E-state index contributed by atoms with van der Waals surface area (Å²) >= 11 is 5.93. The van der Waals surface area contributed by atoms with E-state index in [1.165, 1.54) is 44.1 Å². The molecule has 2 rings (SSSR count). The third-order valence-electron chi connectivity index (χ3n) is 4.28. The van der Waals surface area contributed by atoms with E-state index in [1.54, 1.807) is 0 Å². The fraction of sp³-hybridized carbons (Fsp3) is 0.647. The molecule has 106 valence electrons. The number of aryl methyl sites for hydroxylation is 1. The summed E-state index contributed by atoms with van der Waals surface area (Å²) in [5.41, 5.74) is 1.41. The molecule has 1 aliphatic rings. The maximum Gasteiger partial charge on any atom is 0.0406 e. The highest BCUT2D eigenvalue weighted by molar-refractivity contribution is 6.30. The van der Waals surface area contributed by atoms with Gasteiger partial charge in [0, 0.05) is 11.1 Å². The smallest absolute Gasteiger partial charge is 0.0406 e. The Morgan fingerprint density at radius 1 is 1.21 bits per heavy atom. The molecule has 1 unspecified atom stereocenters. The highest BCUT2D eigenvalue weighted by Gasteiger charge is 2.23. The number of rotatable bonds is 7. The molecule has 1 N–H and O–H groups in total. The van der Waals surface area contributed by atoms with Crippen LogP contribution >= 0.6 is 11.6 Å². The molecule has 19 heavy (non-hydrogen) atoms. The topological polar surface area (TPSA) is 12.0 Å². The molecule has 0 radical (unpaired) electrons. The second-order valence-electron chi connectivity index (χ2n) is 5.77. The SMILES string of the molecule is CCCNC(CCc1ccc(Cl)cc1)C1CCCC1. The first-order valence-electron chi connectivity index (χ1n) is 7.77. The Morgan fingerprint density at radius 2 is 1.89 bits per heavy atom. The van der Waals surface area contributed by atoms with Crippen molar-refractivity contribution < 1.29 is 0 Å². The molecular weight excluding hydrogens is 254 g/mol. The van der Waals surface area contributed by atoms with Gasteiger partial charge in [0.15, 0.2) is 0 Å². The van der Waals surface area contributed by atoms with Gasteiger partial charge < -0.3 is 5.32 Å². The number of hydrogen-bond acceptors (Lipinski definition) is 1. The first-order valence-corrected chi connectivity index (χ1v) is 8.15. The van der Waals surface area contributed by atoms with Crippen LogP contribution in [0.25, 0.3) is 0 Å². The molecule has 1 fully saturated rings. The Bertz CT molecular complexity index is 354. The van der Waals surface area contributed by atoms with E-state index in [4.69, 9.17) is 11.6 Å². The van der Waals surface area contributed by atoms with Crippen LogP contribution in [0.2, 0.25) is 5.02 Å². The molecule has 1 atom stereocenters. The van der Waals surface area contributed by atoms with Gasteiger partial charge in [-0.3, -0.25) is 0 Å². The van der Waals surface area contributed by atoms with Crippen molar-refractivity contribution >= 4 is 11.6 Å². The van der Waals surface area contributed by atoms with Gasteiger partial charge in [-0.15, -0.1) is 0 Å². The van der Waals surface area contributed by atoms with Crippen LogP contribution in [0.5, 0.6) is 0 Å². The number of benzene rings is 1. The molecule has 1 aromatic rings. The summed E-state index contributed by atoms with van der Waals surface area (Å²) in [6, 6.07) is 9.03. The fourth-order valence-electron chi connectivity index (χ4n) is 3.17.